The molecule has 1 saturated heterocycles. The summed E-state index contributed by atoms with van der Waals surface area (Å²) in [5.74, 6) is 1.37. The van der Waals surface area contributed by atoms with Crippen molar-refractivity contribution < 1.29 is 0 Å². The Bertz CT molecular complexity index is 501. The lowest BCUT2D eigenvalue weighted by atomic mass is 9.83. The minimum atomic E-state index is 0.394. The average molecular weight is 287 g/mol. The van der Waals surface area contributed by atoms with Gasteiger partial charge in [-0.3, -0.25) is 0 Å². The van der Waals surface area contributed by atoms with Crippen LogP contribution in [0.15, 0.2) is 6.33 Å². The Balaban J connectivity index is 1.90. The van der Waals surface area contributed by atoms with Crippen LogP contribution in [-0.2, 0) is 0 Å². The molecule has 0 unspecified atom stereocenters. The minimum absolute atomic E-state index is 0.394. The Morgan fingerprint density at radius 2 is 1.90 bits per heavy atom. The van der Waals surface area contributed by atoms with Gasteiger partial charge in [-0.15, -0.1) is 0 Å². The van der Waals surface area contributed by atoms with Gasteiger partial charge in [-0.05, 0) is 19.8 Å². The minimum Gasteiger partial charge on any atom is -0.353 e. The molecule has 0 bridgehead atoms. The molecular formula is C16H25N5. The van der Waals surface area contributed by atoms with Crippen molar-refractivity contribution in [3.63, 3.8) is 0 Å². The van der Waals surface area contributed by atoms with Gasteiger partial charge in [0.2, 0.25) is 0 Å². The van der Waals surface area contributed by atoms with E-state index in [0.29, 0.717) is 5.92 Å². The zero-order chi connectivity index (χ0) is 14.7. The average Bonchev–Trinajstić information content (AvgIpc) is 2.55. The normalized spacial score (nSPS) is 20.5. The lowest BCUT2D eigenvalue weighted by Crippen LogP contribution is -2.44. The van der Waals surface area contributed by atoms with Crippen molar-refractivity contribution in [3.8, 4) is 0 Å². The van der Waals surface area contributed by atoms with Gasteiger partial charge < -0.3 is 15.6 Å². The van der Waals surface area contributed by atoms with Crippen LogP contribution >= 0.6 is 0 Å². The summed E-state index contributed by atoms with van der Waals surface area (Å²) in [5, 5.41) is 12.1. The van der Waals surface area contributed by atoms with Crippen LogP contribution in [0, 0.1) is 18.3 Å². The van der Waals surface area contributed by atoms with Crippen LogP contribution in [0.25, 0.3) is 0 Å². The van der Waals surface area contributed by atoms with Gasteiger partial charge >= 0.3 is 0 Å². The number of aromatic nitrogens is 2. The van der Waals surface area contributed by atoms with Crippen molar-refractivity contribution in [3.05, 3.63) is 17.6 Å². The van der Waals surface area contributed by atoms with Crippen LogP contribution in [0.2, 0.25) is 0 Å². The highest BCUT2D eigenvalue weighted by atomic mass is 15.2. The SMILES string of the molecule is Cc1ncnc(N2CCNCC2)c1C(=N)C1CCCCC1. The molecule has 1 aliphatic carbocycles. The van der Waals surface area contributed by atoms with Crippen molar-refractivity contribution in [2.45, 2.75) is 39.0 Å². The van der Waals surface area contributed by atoms with E-state index < -0.39 is 0 Å². The monoisotopic (exact) mass is 287 g/mol. The molecule has 0 aromatic carbocycles. The van der Waals surface area contributed by atoms with Crippen LogP contribution in [-0.4, -0.2) is 41.9 Å². The number of nitrogens with zero attached hydrogens (tertiary/aromatic N) is 3. The van der Waals surface area contributed by atoms with Crippen LogP contribution in [0.5, 0.6) is 0 Å². The van der Waals surface area contributed by atoms with Crippen LogP contribution < -0.4 is 10.2 Å². The summed E-state index contributed by atoms with van der Waals surface area (Å²) in [4.78, 5) is 11.2. The predicted octanol–water partition coefficient (Wildman–Crippen LogP) is 2.14. The van der Waals surface area contributed by atoms with Gasteiger partial charge in [0.15, 0.2) is 0 Å². The molecule has 2 aliphatic rings. The second-order valence-electron chi connectivity index (χ2n) is 6.14. The van der Waals surface area contributed by atoms with E-state index in [1.807, 2.05) is 6.92 Å². The molecule has 1 saturated carbocycles. The molecule has 0 atom stereocenters. The van der Waals surface area contributed by atoms with Crippen molar-refractivity contribution in [1.29, 1.82) is 5.41 Å². The molecule has 0 spiro atoms. The van der Waals surface area contributed by atoms with E-state index in [1.165, 1.54) is 19.3 Å². The lowest BCUT2D eigenvalue weighted by molar-refractivity contribution is 0.438. The Morgan fingerprint density at radius 1 is 1.19 bits per heavy atom. The Morgan fingerprint density at radius 3 is 2.62 bits per heavy atom. The number of anilines is 1. The molecule has 1 aromatic rings. The Hall–Kier alpha value is -1.49. The van der Waals surface area contributed by atoms with Crippen molar-refractivity contribution in [2.24, 2.45) is 5.92 Å². The van der Waals surface area contributed by atoms with E-state index in [2.05, 4.69) is 20.2 Å². The molecular weight excluding hydrogens is 262 g/mol. The van der Waals surface area contributed by atoms with E-state index >= 15 is 0 Å². The number of aryl methyl sites for hydroxylation is 1. The van der Waals surface area contributed by atoms with Crippen molar-refractivity contribution in [2.75, 3.05) is 31.1 Å². The third-order valence-electron chi connectivity index (χ3n) is 4.72. The largest absolute Gasteiger partial charge is 0.353 e. The van der Waals surface area contributed by atoms with Gasteiger partial charge in [0.25, 0.3) is 0 Å². The van der Waals surface area contributed by atoms with Gasteiger partial charge in [0.1, 0.15) is 12.1 Å². The Kier molecular flexibility index (Phi) is 4.48. The first-order valence-corrected chi connectivity index (χ1v) is 8.13. The quantitative estimate of drug-likeness (QED) is 0.836. The number of rotatable bonds is 3. The molecule has 5 nitrogen and oxygen atoms in total. The highest BCUT2D eigenvalue weighted by Crippen LogP contribution is 2.30. The summed E-state index contributed by atoms with van der Waals surface area (Å²) in [6, 6.07) is 0. The fourth-order valence-electron chi connectivity index (χ4n) is 3.49. The van der Waals surface area contributed by atoms with E-state index in [9.17, 15) is 0 Å². The van der Waals surface area contributed by atoms with Gasteiger partial charge in [-0.25, -0.2) is 9.97 Å². The van der Waals surface area contributed by atoms with E-state index in [-0.39, 0.29) is 0 Å². The highest BCUT2D eigenvalue weighted by molar-refractivity contribution is 6.04. The van der Waals surface area contributed by atoms with Gasteiger partial charge in [0.05, 0.1) is 11.3 Å². The van der Waals surface area contributed by atoms with Gasteiger partial charge in [-0.2, -0.15) is 0 Å². The second-order valence-corrected chi connectivity index (χ2v) is 6.14. The third-order valence-corrected chi connectivity index (χ3v) is 4.72. The first kappa shape index (κ1) is 14.4. The standard InChI is InChI=1S/C16H25N5/c1-12-14(15(17)13-5-3-2-4-6-13)16(20-11-19-12)21-9-7-18-8-10-21/h11,13,17-18H,2-10H2,1H3. The molecule has 2 N–H and O–H groups in total. The number of hydrogen-bond donors (Lipinski definition) is 2. The first-order chi connectivity index (χ1) is 10.3. The highest BCUT2D eigenvalue weighted by Gasteiger charge is 2.26. The number of hydrogen-bond acceptors (Lipinski definition) is 5. The zero-order valence-corrected chi connectivity index (χ0v) is 12.9. The predicted molar refractivity (Wildman–Crippen MR) is 85.3 cm³/mol. The van der Waals surface area contributed by atoms with Crippen LogP contribution in [0.1, 0.15) is 43.4 Å². The summed E-state index contributed by atoms with van der Waals surface area (Å²) in [5.41, 5.74) is 2.71. The summed E-state index contributed by atoms with van der Waals surface area (Å²) >= 11 is 0. The summed E-state index contributed by atoms with van der Waals surface area (Å²) in [6.45, 7) is 5.90. The fourth-order valence-corrected chi connectivity index (χ4v) is 3.49. The molecule has 5 heteroatoms. The summed E-state index contributed by atoms with van der Waals surface area (Å²) < 4.78 is 0. The molecule has 3 rings (SSSR count). The lowest BCUT2D eigenvalue weighted by Gasteiger charge is -2.31. The molecule has 0 amide bonds. The fraction of sp³-hybridized carbons (Fsp3) is 0.688. The van der Waals surface area contributed by atoms with Crippen LogP contribution in [0.4, 0.5) is 5.82 Å². The molecule has 1 aliphatic heterocycles. The molecule has 114 valence electrons. The van der Waals surface area contributed by atoms with Crippen LogP contribution in [0.3, 0.4) is 0 Å². The third kappa shape index (κ3) is 3.07. The van der Waals surface area contributed by atoms with Crippen molar-refractivity contribution in [1.82, 2.24) is 15.3 Å². The first-order valence-electron chi connectivity index (χ1n) is 8.13. The molecule has 2 fully saturated rings. The molecule has 21 heavy (non-hydrogen) atoms. The van der Waals surface area contributed by atoms with E-state index in [1.54, 1.807) is 6.33 Å². The maximum Gasteiger partial charge on any atom is 0.141 e. The summed E-state index contributed by atoms with van der Waals surface area (Å²) in [6.07, 6.45) is 7.76. The maximum atomic E-state index is 8.70. The van der Waals surface area contributed by atoms with E-state index in [4.69, 9.17) is 5.41 Å². The van der Waals surface area contributed by atoms with Gasteiger partial charge in [0, 0.05) is 37.8 Å². The Labute approximate surface area is 126 Å². The maximum absolute atomic E-state index is 8.70. The second kappa shape index (κ2) is 6.52. The number of piperazine rings is 1. The smallest absolute Gasteiger partial charge is 0.141 e. The number of nitrogens with one attached hydrogen (secondary N) is 2. The van der Waals surface area contributed by atoms with Crippen molar-refractivity contribution >= 4 is 11.5 Å². The summed E-state index contributed by atoms with van der Waals surface area (Å²) in [7, 11) is 0. The van der Waals surface area contributed by atoms with E-state index in [0.717, 1.165) is 61.8 Å². The topological polar surface area (TPSA) is 64.9 Å². The molecule has 1 aromatic heterocycles. The zero-order valence-electron chi connectivity index (χ0n) is 12.9. The molecule has 2 heterocycles. The molecule has 0 radical (unpaired) electrons. The van der Waals surface area contributed by atoms with Gasteiger partial charge in [-0.1, -0.05) is 19.3 Å².